The number of nitrogens with zero attached hydrogens (tertiary/aromatic N) is 1. The Labute approximate surface area is 107 Å². The molecule has 1 aliphatic carbocycles. The molecule has 1 heterocycles. The van der Waals surface area contributed by atoms with Gasteiger partial charge in [0.25, 0.3) is 0 Å². The van der Waals surface area contributed by atoms with Crippen LogP contribution in [0.4, 0.5) is 0 Å². The summed E-state index contributed by atoms with van der Waals surface area (Å²) in [5.74, 6) is -1.07. The topological polar surface area (TPSA) is 66.8 Å². The number of methoxy groups -OCH3 is 1. The van der Waals surface area contributed by atoms with Crippen molar-refractivity contribution in [2.24, 2.45) is 11.8 Å². The van der Waals surface area contributed by atoms with Gasteiger partial charge in [-0.3, -0.25) is 9.59 Å². The second-order valence-corrected chi connectivity index (χ2v) is 5.33. The van der Waals surface area contributed by atoms with Crippen LogP contribution in [-0.4, -0.2) is 48.2 Å². The number of amides is 1. The van der Waals surface area contributed by atoms with Gasteiger partial charge in [-0.25, -0.2) is 0 Å². The zero-order chi connectivity index (χ0) is 13.1. The molecule has 2 fully saturated rings. The molecule has 0 radical (unpaired) electrons. The predicted molar refractivity (Wildman–Crippen MR) is 65.1 cm³/mol. The highest BCUT2D eigenvalue weighted by Gasteiger charge is 2.36. The molecule has 102 valence electrons. The van der Waals surface area contributed by atoms with E-state index in [-0.39, 0.29) is 23.8 Å². The van der Waals surface area contributed by atoms with Crippen LogP contribution >= 0.6 is 0 Å². The molecule has 0 aromatic heterocycles. The minimum Gasteiger partial charge on any atom is -0.481 e. The van der Waals surface area contributed by atoms with Crippen molar-refractivity contribution >= 4 is 11.9 Å². The van der Waals surface area contributed by atoms with Crippen LogP contribution in [0.1, 0.15) is 32.1 Å². The first-order chi connectivity index (χ1) is 8.61. The van der Waals surface area contributed by atoms with Crippen molar-refractivity contribution in [3.05, 3.63) is 0 Å². The van der Waals surface area contributed by atoms with E-state index in [9.17, 15) is 9.59 Å². The lowest BCUT2D eigenvalue weighted by atomic mass is 10.0. The maximum Gasteiger partial charge on any atom is 0.306 e. The van der Waals surface area contributed by atoms with E-state index in [0.29, 0.717) is 25.8 Å². The monoisotopic (exact) mass is 255 g/mol. The van der Waals surface area contributed by atoms with Gasteiger partial charge in [0, 0.05) is 26.1 Å². The first kappa shape index (κ1) is 13.3. The molecule has 5 heteroatoms. The minimum absolute atomic E-state index is 0.0956. The van der Waals surface area contributed by atoms with Gasteiger partial charge in [0.1, 0.15) is 0 Å². The van der Waals surface area contributed by atoms with Gasteiger partial charge >= 0.3 is 5.97 Å². The lowest BCUT2D eigenvalue weighted by Gasteiger charge is -2.33. The number of rotatable bonds is 3. The normalized spacial score (nSPS) is 32.5. The summed E-state index contributed by atoms with van der Waals surface area (Å²) in [6.07, 6.45) is 3.96. The Morgan fingerprint density at radius 3 is 2.56 bits per heavy atom. The van der Waals surface area contributed by atoms with Gasteiger partial charge in [0.05, 0.1) is 12.0 Å². The van der Waals surface area contributed by atoms with Gasteiger partial charge in [0.15, 0.2) is 0 Å². The van der Waals surface area contributed by atoms with Gasteiger partial charge in [-0.1, -0.05) is 0 Å². The smallest absolute Gasteiger partial charge is 0.306 e. The number of ether oxygens (including phenoxy) is 1. The molecule has 3 atom stereocenters. The van der Waals surface area contributed by atoms with E-state index >= 15 is 0 Å². The van der Waals surface area contributed by atoms with Crippen LogP contribution in [0.25, 0.3) is 0 Å². The molecular formula is C13H21NO4. The van der Waals surface area contributed by atoms with Gasteiger partial charge in [0.2, 0.25) is 5.91 Å². The zero-order valence-corrected chi connectivity index (χ0v) is 10.8. The number of carbonyl (C=O) groups is 2. The SMILES string of the molecule is COC1CCCN(C(=O)[C@@H]2CC[C@H](C(=O)O)C2)C1. The van der Waals surface area contributed by atoms with E-state index in [2.05, 4.69) is 0 Å². The van der Waals surface area contributed by atoms with Crippen LogP contribution in [-0.2, 0) is 14.3 Å². The molecule has 1 amide bonds. The van der Waals surface area contributed by atoms with Gasteiger partial charge in [-0.05, 0) is 32.1 Å². The minimum atomic E-state index is -0.765. The van der Waals surface area contributed by atoms with E-state index in [1.165, 1.54) is 0 Å². The summed E-state index contributed by atoms with van der Waals surface area (Å²) in [7, 11) is 1.68. The highest BCUT2D eigenvalue weighted by Crippen LogP contribution is 2.33. The van der Waals surface area contributed by atoms with Crippen molar-refractivity contribution in [3.63, 3.8) is 0 Å². The van der Waals surface area contributed by atoms with Crippen molar-refractivity contribution in [3.8, 4) is 0 Å². The van der Waals surface area contributed by atoms with Crippen LogP contribution < -0.4 is 0 Å². The highest BCUT2D eigenvalue weighted by atomic mass is 16.5. The molecular weight excluding hydrogens is 234 g/mol. The standard InChI is InChI=1S/C13H21NO4/c1-18-11-3-2-6-14(8-11)12(15)9-4-5-10(7-9)13(16)17/h9-11H,2-8H2,1H3,(H,16,17)/t9-,10+,11?/m1/s1. The van der Waals surface area contributed by atoms with Crippen LogP contribution in [0.3, 0.4) is 0 Å². The number of carboxylic acid groups (broad SMARTS) is 1. The average Bonchev–Trinajstić information content (AvgIpc) is 2.87. The number of likely N-dealkylation sites (tertiary alicyclic amines) is 1. The fraction of sp³-hybridized carbons (Fsp3) is 0.846. The first-order valence-corrected chi connectivity index (χ1v) is 6.66. The Hall–Kier alpha value is -1.10. The van der Waals surface area contributed by atoms with Gasteiger partial charge in [-0.15, -0.1) is 0 Å². The Bertz CT molecular complexity index is 331. The molecule has 1 saturated heterocycles. The number of hydrogen-bond donors (Lipinski definition) is 1. The van der Waals surface area contributed by atoms with Crippen LogP contribution in [0.15, 0.2) is 0 Å². The van der Waals surface area contributed by atoms with Gasteiger partial charge in [-0.2, -0.15) is 0 Å². The quantitative estimate of drug-likeness (QED) is 0.820. The summed E-state index contributed by atoms with van der Waals surface area (Å²) >= 11 is 0. The number of hydrogen-bond acceptors (Lipinski definition) is 3. The van der Waals surface area contributed by atoms with Crippen molar-refractivity contribution < 1.29 is 19.4 Å². The maximum atomic E-state index is 12.3. The van der Waals surface area contributed by atoms with E-state index < -0.39 is 5.97 Å². The Balaban J connectivity index is 1.89. The molecule has 0 bridgehead atoms. The fourth-order valence-electron chi connectivity index (χ4n) is 3.02. The molecule has 0 spiro atoms. The number of piperidine rings is 1. The number of carbonyl (C=O) groups excluding carboxylic acids is 1. The molecule has 1 unspecified atom stereocenters. The van der Waals surface area contributed by atoms with Crippen molar-refractivity contribution in [1.82, 2.24) is 4.90 Å². The molecule has 5 nitrogen and oxygen atoms in total. The largest absolute Gasteiger partial charge is 0.481 e. The summed E-state index contributed by atoms with van der Waals surface area (Å²) in [5.41, 5.74) is 0. The molecule has 1 aliphatic heterocycles. The van der Waals surface area contributed by atoms with Crippen LogP contribution in [0.2, 0.25) is 0 Å². The molecule has 1 saturated carbocycles. The van der Waals surface area contributed by atoms with Crippen LogP contribution in [0.5, 0.6) is 0 Å². The Kier molecular flexibility index (Phi) is 4.22. The lowest BCUT2D eigenvalue weighted by molar-refractivity contribution is -0.142. The average molecular weight is 255 g/mol. The van der Waals surface area contributed by atoms with E-state index in [1.807, 2.05) is 4.90 Å². The Morgan fingerprint density at radius 1 is 1.22 bits per heavy atom. The van der Waals surface area contributed by atoms with E-state index in [4.69, 9.17) is 9.84 Å². The predicted octanol–water partition coefficient (Wildman–Crippen LogP) is 1.12. The third-order valence-corrected chi connectivity index (χ3v) is 4.15. The van der Waals surface area contributed by atoms with Crippen molar-refractivity contribution in [1.29, 1.82) is 0 Å². The molecule has 1 N–H and O–H groups in total. The maximum absolute atomic E-state index is 12.3. The van der Waals surface area contributed by atoms with Crippen molar-refractivity contribution in [2.75, 3.05) is 20.2 Å². The third-order valence-electron chi connectivity index (χ3n) is 4.15. The van der Waals surface area contributed by atoms with E-state index in [0.717, 1.165) is 19.4 Å². The fourth-order valence-corrected chi connectivity index (χ4v) is 3.02. The summed E-state index contributed by atoms with van der Waals surface area (Å²) in [5, 5.41) is 8.96. The summed E-state index contributed by atoms with van der Waals surface area (Å²) in [6, 6.07) is 0. The summed E-state index contributed by atoms with van der Waals surface area (Å²) < 4.78 is 5.31. The summed E-state index contributed by atoms with van der Waals surface area (Å²) in [4.78, 5) is 25.1. The Morgan fingerprint density at radius 2 is 1.94 bits per heavy atom. The second-order valence-electron chi connectivity index (χ2n) is 5.33. The number of carboxylic acids is 1. The third kappa shape index (κ3) is 2.83. The molecule has 0 aromatic rings. The van der Waals surface area contributed by atoms with Crippen LogP contribution in [0, 0.1) is 11.8 Å². The zero-order valence-electron chi connectivity index (χ0n) is 10.8. The second kappa shape index (κ2) is 5.69. The molecule has 0 aromatic carbocycles. The first-order valence-electron chi connectivity index (χ1n) is 6.66. The molecule has 18 heavy (non-hydrogen) atoms. The van der Waals surface area contributed by atoms with Crippen molar-refractivity contribution in [2.45, 2.75) is 38.2 Å². The van der Waals surface area contributed by atoms with Gasteiger partial charge < -0.3 is 14.7 Å². The van der Waals surface area contributed by atoms with E-state index in [1.54, 1.807) is 7.11 Å². The molecule has 2 rings (SSSR count). The lowest BCUT2D eigenvalue weighted by Crippen LogP contribution is -2.45. The number of aliphatic carboxylic acids is 1. The molecule has 2 aliphatic rings. The summed E-state index contributed by atoms with van der Waals surface area (Å²) in [6.45, 7) is 1.44. The highest BCUT2D eigenvalue weighted by molar-refractivity contribution is 5.81.